The molecule has 0 spiro atoms. The van der Waals surface area contributed by atoms with Gasteiger partial charge in [0.25, 0.3) is 18.1 Å². The first-order valence-corrected chi connectivity index (χ1v) is 7.27. The molecule has 0 aliphatic heterocycles. The molecule has 13 heavy (non-hydrogen) atoms. The van der Waals surface area contributed by atoms with Crippen molar-refractivity contribution in [3.05, 3.63) is 6.20 Å². The monoisotopic (exact) mass is 264 g/mol. The molecule has 74 valence electrons. The van der Waals surface area contributed by atoms with Gasteiger partial charge in [0.05, 0.1) is 6.20 Å². The molecule has 0 saturated heterocycles. The lowest BCUT2D eigenvalue weighted by atomic mass is 11.0. The second-order valence-electron chi connectivity index (χ2n) is 1.93. The Balaban J connectivity index is 3.32. The van der Waals surface area contributed by atoms with Crippen molar-refractivity contribution >= 4 is 39.5 Å². The van der Waals surface area contributed by atoms with Gasteiger partial charge in [-0.25, -0.2) is 21.8 Å². The molecule has 0 saturated carbocycles. The summed E-state index contributed by atoms with van der Waals surface area (Å²) in [6.07, 6.45) is 0.762. The molecule has 1 aromatic rings. The second kappa shape index (κ2) is 3.12. The van der Waals surface area contributed by atoms with Crippen molar-refractivity contribution in [2.24, 2.45) is 0 Å². The fourth-order valence-corrected chi connectivity index (χ4v) is 1.88. The van der Waals surface area contributed by atoms with Gasteiger partial charge in [0, 0.05) is 21.4 Å². The summed E-state index contributed by atoms with van der Waals surface area (Å²) in [4.78, 5) is 5.16. The molecule has 10 heteroatoms. The zero-order valence-corrected chi connectivity index (χ0v) is 8.87. The molecule has 0 atom stereocenters. The molecule has 0 amide bonds. The number of halogens is 2. The van der Waals surface area contributed by atoms with Gasteiger partial charge >= 0.3 is 0 Å². The van der Waals surface area contributed by atoms with E-state index in [0.717, 1.165) is 6.20 Å². The summed E-state index contributed by atoms with van der Waals surface area (Å²) in [6.45, 7) is 0. The standard InChI is InChI=1S/C3H2Cl2N2O4S2/c4-12(8,9)2-1-6-3(7-2)13(5,10)11/h1H,(H,6,7). The van der Waals surface area contributed by atoms with Gasteiger partial charge in [-0.1, -0.05) is 0 Å². The van der Waals surface area contributed by atoms with Crippen molar-refractivity contribution < 1.29 is 16.8 Å². The van der Waals surface area contributed by atoms with E-state index in [0.29, 0.717) is 0 Å². The van der Waals surface area contributed by atoms with Crippen LogP contribution in [-0.2, 0) is 18.1 Å². The summed E-state index contributed by atoms with van der Waals surface area (Å²) in [5.74, 6) is 0. The Morgan fingerprint density at radius 3 is 1.92 bits per heavy atom. The Bertz CT molecular complexity index is 469. The lowest BCUT2D eigenvalue weighted by Gasteiger charge is -1.87. The molecule has 6 nitrogen and oxygen atoms in total. The number of nitrogens with zero attached hydrogens (tertiary/aromatic N) is 1. The fourth-order valence-electron chi connectivity index (χ4n) is 0.535. The minimum absolute atomic E-state index is 0.520. The van der Waals surface area contributed by atoms with E-state index in [-0.39, 0.29) is 0 Å². The highest BCUT2D eigenvalue weighted by Crippen LogP contribution is 2.16. The molecule has 0 radical (unpaired) electrons. The third-order valence-electron chi connectivity index (χ3n) is 1.02. The second-order valence-corrected chi connectivity index (χ2v) is 6.94. The Kier molecular flexibility index (Phi) is 2.59. The molecule has 0 fully saturated rings. The minimum atomic E-state index is -4.06. The van der Waals surface area contributed by atoms with Crippen molar-refractivity contribution in [1.82, 2.24) is 9.97 Å². The van der Waals surface area contributed by atoms with E-state index in [1.165, 1.54) is 0 Å². The minimum Gasteiger partial charge on any atom is -0.318 e. The predicted octanol–water partition coefficient (Wildman–Crippen LogP) is 0.265. The van der Waals surface area contributed by atoms with Crippen molar-refractivity contribution in [2.45, 2.75) is 10.2 Å². The Labute approximate surface area is 82.7 Å². The van der Waals surface area contributed by atoms with Crippen LogP contribution in [0.3, 0.4) is 0 Å². The summed E-state index contributed by atoms with van der Waals surface area (Å²) in [5, 5.41) is -1.18. The Morgan fingerprint density at radius 1 is 1.15 bits per heavy atom. The number of hydrogen-bond acceptors (Lipinski definition) is 5. The van der Waals surface area contributed by atoms with Gasteiger partial charge in [-0.2, -0.15) is 0 Å². The lowest BCUT2D eigenvalue weighted by molar-refractivity contribution is 0.600. The SMILES string of the molecule is O=S(=O)(Cl)c1cnc(S(=O)(=O)Cl)[nH]1. The van der Waals surface area contributed by atoms with Gasteiger partial charge in [0.2, 0.25) is 5.16 Å². The van der Waals surface area contributed by atoms with Crippen LogP contribution in [0.15, 0.2) is 16.4 Å². The summed E-state index contributed by atoms with van der Waals surface area (Å²) >= 11 is 0. The maximum Gasteiger partial charge on any atom is 0.294 e. The summed E-state index contributed by atoms with van der Waals surface area (Å²) in [7, 11) is 1.68. The van der Waals surface area contributed by atoms with Crippen LogP contribution in [-0.4, -0.2) is 26.8 Å². The number of hydrogen-bond donors (Lipinski definition) is 1. The van der Waals surface area contributed by atoms with Gasteiger partial charge in [-0.3, -0.25) is 0 Å². The van der Waals surface area contributed by atoms with Crippen LogP contribution in [0.5, 0.6) is 0 Å². The number of aromatic amines is 1. The molecular weight excluding hydrogens is 263 g/mol. The van der Waals surface area contributed by atoms with E-state index in [1.54, 1.807) is 0 Å². The molecule has 1 heterocycles. The van der Waals surface area contributed by atoms with E-state index in [1.807, 2.05) is 4.98 Å². The van der Waals surface area contributed by atoms with Crippen LogP contribution >= 0.6 is 21.4 Å². The van der Waals surface area contributed by atoms with Crippen LogP contribution in [0, 0.1) is 0 Å². The van der Waals surface area contributed by atoms with Gasteiger partial charge in [0.15, 0.2) is 5.03 Å². The van der Waals surface area contributed by atoms with E-state index in [9.17, 15) is 16.8 Å². The molecule has 0 aliphatic carbocycles. The van der Waals surface area contributed by atoms with Gasteiger partial charge in [-0.05, 0) is 0 Å². The molecule has 1 aromatic heterocycles. The van der Waals surface area contributed by atoms with Crippen molar-refractivity contribution in [2.75, 3.05) is 0 Å². The molecular formula is C3H2Cl2N2O4S2. The first-order valence-electron chi connectivity index (χ1n) is 2.65. The number of nitrogens with one attached hydrogen (secondary N) is 1. The van der Waals surface area contributed by atoms with Gasteiger partial charge in [0.1, 0.15) is 0 Å². The maximum atomic E-state index is 10.6. The summed E-state index contributed by atoms with van der Waals surface area (Å²) in [5.41, 5.74) is 0. The molecule has 0 unspecified atom stereocenters. The van der Waals surface area contributed by atoms with E-state index < -0.39 is 28.3 Å². The number of rotatable bonds is 2. The third kappa shape index (κ3) is 2.56. The number of H-pyrrole nitrogens is 1. The van der Waals surface area contributed by atoms with Gasteiger partial charge < -0.3 is 4.98 Å². The molecule has 0 aromatic carbocycles. The van der Waals surface area contributed by atoms with Crippen molar-refractivity contribution in [3.63, 3.8) is 0 Å². The van der Waals surface area contributed by atoms with E-state index in [4.69, 9.17) is 21.4 Å². The first-order chi connectivity index (χ1) is 5.71. The highest BCUT2D eigenvalue weighted by molar-refractivity contribution is 8.14. The van der Waals surface area contributed by atoms with Crippen molar-refractivity contribution in [1.29, 1.82) is 0 Å². The average molecular weight is 265 g/mol. The van der Waals surface area contributed by atoms with Crippen molar-refractivity contribution in [3.8, 4) is 0 Å². The summed E-state index contributed by atoms with van der Waals surface area (Å²) in [6, 6.07) is 0. The Morgan fingerprint density at radius 2 is 1.69 bits per heavy atom. The molecule has 0 aliphatic rings. The van der Waals surface area contributed by atoms with Gasteiger partial charge in [-0.15, -0.1) is 0 Å². The highest BCUT2D eigenvalue weighted by Gasteiger charge is 2.19. The first kappa shape index (κ1) is 10.8. The van der Waals surface area contributed by atoms with E-state index in [2.05, 4.69) is 4.98 Å². The zero-order chi connectivity index (χ0) is 10.3. The summed E-state index contributed by atoms with van der Waals surface area (Å²) < 4.78 is 42.5. The van der Waals surface area contributed by atoms with Crippen LogP contribution in [0.1, 0.15) is 0 Å². The van der Waals surface area contributed by atoms with Crippen LogP contribution in [0.25, 0.3) is 0 Å². The normalized spacial score (nSPS) is 13.1. The van der Waals surface area contributed by atoms with Crippen LogP contribution < -0.4 is 0 Å². The topological polar surface area (TPSA) is 97.0 Å². The largest absolute Gasteiger partial charge is 0.318 e. The lowest BCUT2D eigenvalue weighted by Crippen LogP contribution is -1.95. The smallest absolute Gasteiger partial charge is 0.294 e. The predicted molar refractivity (Wildman–Crippen MR) is 44.7 cm³/mol. The molecule has 1 N–H and O–H groups in total. The zero-order valence-electron chi connectivity index (χ0n) is 5.73. The molecule has 0 bridgehead atoms. The van der Waals surface area contributed by atoms with E-state index >= 15 is 0 Å². The fraction of sp³-hybridized carbons (Fsp3) is 0. The quantitative estimate of drug-likeness (QED) is 0.774. The third-order valence-corrected chi connectivity index (χ3v) is 3.36. The number of imidazole rings is 1. The van der Waals surface area contributed by atoms with Crippen LogP contribution in [0.2, 0.25) is 0 Å². The van der Waals surface area contributed by atoms with Crippen LogP contribution in [0.4, 0.5) is 0 Å². The average Bonchev–Trinajstić information content (AvgIpc) is 2.28. The molecule has 1 rings (SSSR count). The maximum absolute atomic E-state index is 10.6. The Hall–Kier alpha value is -0.310. The highest BCUT2D eigenvalue weighted by atomic mass is 35.7. The number of aromatic nitrogens is 2.